The molecule has 0 amide bonds. The molecule has 0 bridgehead atoms. The van der Waals surface area contributed by atoms with Crippen LogP contribution in [0.5, 0.6) is 34.5 Å². The Morgan fingerprint density at radius 3 is 1.38 bits per heavy atom. The minimum absolute atomic E-state index is 0.0847. The molecular weight excluding hydrogens is 796 g/mol. The van der Waals surface area contributed by atoms with Crippen molar-refractivity contribution >= 4 is 29.8 Å². The Morgan fingerprint density at radius 1 is 0.525 bits per heavy atom. The standard InChI is InChI=1S/C45H50O16/c1-6-40(46)56-24-10-20-52-36-17-14-32(29-38(36)54-22-12-26-58-42(48)8-3)44(50)60-34-16-19-35(31(5)28-34)61-45(51)33-15-18-37(53-21-11-25-57-41(47)7-2)39(30-33)55-23-13-27-59-43(49)9-4/h6-9,14-19,28-30,45,51H,1-4,10-13,20-27H2,5H3. The van der Waals surface area contributed by atoms with Gasteiger partial charge in [0.25, 0.3) is 0 Å². The predicted molar refractivity (Wildman–Crippen MR) is 220 cm³/mol. The molecule has 16 heteroatoms. The van der Waals surface area contributed by atoms with Gasteiger partial charge in [0, 0.05) is 55.6 Å². The fourth-order valence-electron chi connectivity index (χ4n) is 4.84. The molecule has 0 fully saturated rings. The zero-order valence-corrected chi connectivity index (χ0v) is 34.0. The number of aliphatic hydroxyl groups excluding tert-OH is 1. The van der Waals surface area contributed by atoms with E-state index in [2.05, 4.69) is 26.3 Å². The first-order valence-corrected chi connectivity index (χ1v) is 19.1. The van der Waals surface area contributed by atoms with Crippen molar-refractivity contribution in [1.82, 2.24) is 0 Å². The Balaban J connectivity index is 1.68. The summed E-state index contributed by atoms with van der Waals surface area (Å²) >= 11 is 0. The smallest absolute Gasteiger partial charge is 0.343 e. The van der Waals surface area contributed by atoms with Gasteiger partial charge in [0.1, 0.15) is 11.5 Å². The molecule has 3 aromatic rings. The van der Waals surface area contributed by atoms with E-state index in [0.29, 0.717) is 54.1 Å². The van der Waals surface area contributed by atoms with Crippen LogP contribution in [0.4, 0.5) is 0 Å². The van der Waals surface area contributed by atoms with Crippen LogP contribution >= 0.6 is 0 Å². The van der Waals surface area contributed by atoms with Crippen LogP contribution in [0.1, 0.15) is 53.5 Å². The highest BCUT2D eigenvalue weighted by atomic mass is 16.6. The molecule has 0 heterocycles. The molecule has 0 saturated carbocycles. The fourth-order valence-corrected chi connectivity index (χ4v) is 4.84. The Kier molecular flexibility index (Phi) is 21.2. The van der Waals surface area contributed by atoms with Gasteiger partial charge in [-0.2, -0.15) is 0 Å². The predicted octanol–water partition coefficient (Wildman–Crippen LogP) is 6.28. The van der Waals surface area contributed by atoms with Crippen molar-refractivity contribution in [1.29, 1.82) is 0 Å². The molecule has 1 unspecified atom stereocenters. The summed E-state index contributed by atoms with van der Waals surface area (Å²) in [5, 5.41) is 11.1. The number of esters is 5. The fraction of sp³-hybridized carbons (Fsp3) is 0.311. The van der Waals surface area contributed by atoms with Crippen LogP contribution in [0.2, 0.25) is 0 Å². The highest BCUT2D eigenvalue weighted by Crippen LogP contribution is 2.34. The minimum Gasteiger partial charge on any atom is -0.490 e. The van der Waals surface area contributed by atoms with Crippen LogP contribution in [-0.2, 0) is 38.1 Å². The molecule has 0 radical (unpaired) electrons. The maximum Gasteiger partial charge on any atom is 0.343 e. The van der Waals surface area contributed by atoms with Gasteiger partial charge in [-0.05, 0) is 67.1 Å². The number of hydrogen-bond acceptors (Lipinski definition) is 16. The van der Waals surface area contributed by atoms with Crippen molar-refractivity contribution < 1.29 is 76.4 Å². The first-order chi connectivity index (χ1) is 29.5. The van der Waals surface area contributed by atoms with E-state index in [1.165, 1.54) is 24.3 Å². The first-order valence-electron chi connectivity index (χ1n) is 19.1. The van der Waals surface area contributed by atoms with E-state index in [1.54, 1.807) is 37.3 Å². The second-order valence-corrected chi connectivity index (χ2v) is 12.4. The molecule has 3 rings (SSSR count). The van der Waals surface area contributed by atoms with Crippen molar-refractivity contribution in [2.75, 3.05) is 52.9 Å². The molecule has 0 aliphatic heterocycles. The normalized spacial score (nSPS) is 10.8. The molecular formula is C45H50O16. The molecule has 0 aliphatic rings. The summed E-state index contributed by atoms with van der Waals surface area (Å²) in [6.07, 6.45) is 4.27. The van der Waals surface area contributed by atoms with Crippen LogP contribution in [0.15, 0.2) is 105 Å². The lowest BCUT2D eigenvalue weighted by Crippen LogP contribution is -2.12. The molecule has 0 aromatic heterocycles. The van der Waals surface area contributed by atoms with E-state index in [0.717, 1.165) is 24.3 Å². The van der Waals surface area contributed by atoms with Gasteiger partial charge in [-0.15, -0.1) is 0 Å². The zero-order chi connectivity index (χ0) is 44.4. The lowest BCUT2D eigenvalue weighted by Gasteiger charge is -2.19. The average molecular weight is 847 g/mol. The van der Waals surface area contributed by atoms with Crippen LogP contribution in [-0.4, -0.2) is 87.8 Å². The molecule has 16 nitrogen and oxygen atoms in total. The van der Waals surface area contributed by atoms with Crippen molar-refractivity contribution in [3.05, 3.63) is 122 Å². The van der Waals surface area contributed by atoms with E-state index < -0.39 is 36.1 Å². The maximum atomic E-state index is 13.3. The lowest BCUT2D eigenvalue weighted by atomic mass is 10.1. The van der Waals surface area contributed by atoms with E-state index in [-0.39, 0.29) is 75.7 Å². The van der Waals surface area contributed by atoms with Gasteiger partial charge >= 0.3 is 29.8 Å². The van der Waals surface area contributed by atoms with Gasteiger partial charge in [0.15, 0.2) is 23.0 Å². The molecule has 0 spiro atoms. The largest absolute Gasteiger partial charge is 0.490 e. The van der Waals surface area contributed by atoms with Gasteiger partial charge in [0.05, 0.1) is 58.4 Å². The number of hydrogen-bond donors (Lipinski definition) is 1. The lowest BCUT2D eigenvalue weighted by molar-refractivity contribution is -0.138. The summed E-state index contributed by atoms with van der Waals surface area (Å²) in [7, 11) is 0. The molecule has 0 aliphatic carbocycles. The van der Waals surface area contributed by atoms with Crippen LogP contribution in [0, 0.1) is 6.92 Å². The number of carbonyl (C=O) groups excluding carboxylic acids is 5. The highest BCUT2D eigenvalue weighted by Gasteiger charge is 2.18. The Bertz CT molecular complexity index is 1990. The number of benzene rings is 3. The highest BCUT2D eigenvalue weighted by molar-refractivity contribution is 5.92. The van der Waals surface area contributed by atoms with Crippen molar-refractivity contribution in [2.24, 2.45) is 0 Å². The van der Waals surface area contributed by atoms with Gasteiger partial charge in [-0.3, -0.25) is 0 Å². The van der Waals surface area contributed by atoms with Crippen molar-refractivity contribution in [3.8, 4) is 34.5 Å². The summed E-state index contributed by atoms with van der Waals surface area (Å²) in [6.45, 7) is 16.2. The van der Waals surface area contributed by atoms with E-state index in [4.69, 9.17) is 47.4 Å². The van der Waals surface area contributed by atoms with E-state index >= 15 is 0 Å². The van der Waals surface area contributed by atoms with Gasteiger partial charge in [-0.1, -0.05) is 26.3 Å². The monoisotopic (exact) mass is 846 g/mol. The second-order valence-electron chi connectivity index (χ2n) is 12.4. The molecule has 1 N–H and O–H groups in total. The number of carbonyl (C=O) groups is 5. The second kappa shape index (κ2) is 26.8. The van der Waals surface area contributed by atoms with E-state index in [9.17, 15) is 29.1 Å². The van der Waals surface area contributed by atoms with Crippen molar-refractivity contribution in [3.63, 3.8) is 0 Å². The third kappa shape index (κ3) is 17.8. The quantitative estimate of drug-likeness (QED) is 0.0204. The topological polar surface area (TPSA) is 198 Å². The van der Waals surface area contributed by atoms with Crippen LogP contribution in [0.3, 0.4) is 0 Å². The SMILES string of the molecule is C=CC(=O)OCCCOc1ccc(C(=O)Oc2ccc(OC(O)c3ccc(OCCCOC(=O)C=C)c(OCCCOC(=O)C=C)c3)c(C)c2)cc1OCCCOC(=O)C=C. The van der Waals surface area contributed by atoms with Crippen molar-refractivity contribution in [2.45, 2.75) is 38.9 Å². The number of rotatable bonds is 29. The number of aryl methyl sites for hydroxylation is 1. The summed E-state index contributed by atoms with van der Waals surface area (Å²) < 4.78 is 54.9. The van der Waals surface area contributed by atoms with E-state index in [1.807, 2.05) is 0 Å². The molecule has 3 aromatic carbocycles. The molecule has 61 heavy (non-hydrogen) atoms. The van der Waals surface area contributed by atoms with Crippen LogP contribution in [0.25, 0.3) is 0 Å². The Labute approximate surface area is 353 Å². The maximum absolute atomic E-state index is 13.3. The summed E-state index contributed by atoms with van der Waals surface area (Å²) in [4.78, 5) is 58.6. The number of aliphatic hydroxyl groups is 1. The van der Waals surface area contributed by atoms with Crippen LogP contribution < -0.4 is 28.4 Å². The first kappa shape index (κ1) is 48.3. The third-order valence-corrected chi connectivity index (χ3v) is 7.86. The number of ether oxygens (including phenoxy) is 10. The Hall–Kier alpha value is -7.07. The molecule has 326 valence electrons. The molecule has 1 atom stereocenters. The third-order valence-electron chi connectivity index (χ3n) is 7.86. The zero-order valence-electron chi connectivity index (χ0n) is 34.0. The minimum atomic E-state index is -1.45. The molecule has 0 saturated heterocycles. The average Bonchev–Trinajstić information content (AvgIpc) is 3.26. The summed E-state index contributed by atoms with van der Waals surface area (Å²) in [5.74, 6) is -1.23. The Morgan fingerprint density at radius 2 is 0.934 bits per heavy atom. The van der Waals surface area contributed by atoms with Gasteiger partial charge < -0.3 is 52.5 Å². The van der Waals surface area contributed by atoms with Gasteiger partial charge in [0.2, 0.25) is 6.29 Å². The van der Waals surface area contributed by atoms with Gasteiger partial charge in [-0.25, -0.2) is 24.0 Å². The summed E-state index contributed by atoms with van der Waals surface area (Å²) in [5.41, 5.74) is 1.01. The summed E-state index contributed by atoms with van der Waals surface area (Å²) in [6, 6.07) is 13.8.